The summed E-state index contributed by atoms with van der Waals surface area (Å²) in [5.41, 5.74) is 1.70. The van der Waals surface area contributed by atoms with Crippen LogP contribution in [0.4, 0.5) is 8.78 Å². The number of carbonyl (C=O) groups is 1. The molecule has 1 aromatic carbocycles. The summed E-state index contributed by atoms with van der Waals surface area (Å²) in [5.74, 6) is -2.23. The molecule has 23 heavy (non-hydrogen) atoms. The molecule has 1 aliphatic heterocycles. The van der Waals surface area contributed by atoms with Gasteiger partial charge < -0.3 is 14.8 Å². The van der Waals surface area contributed by atoms with E-state index in [1.165, 1.54) is 0 Å². The van der Waals surface area contributed by atoms with Crippen LogP contribution in [0.25, 0.3) is 0 Å². The number of amides is 1. The Bertz CT molecular complexity index is 742. The molecule has 0 bridgehead atoms. The first-order valence-electron chi connectivity index (χ1n) is 7.00. The van der Waals surface area contributed by atoms with Crippen molar-refractivity contribution in [3.8, 4) is 11.5 Å². The van der Waals surface area contributed by atoms with Crippen molar-refractivity contribution in [1.29, 1.82) is 0 Å². The summed E-state index contributed by atoms with van der Waals surface area (Å²) in [6.45, 7) is 0.782. The number of hydrogen-bond donors (Lipinski definition) is 1. The van der Waals surface area contributed by atoms with Gasteiger partial charge in [-0.25, -0.2) is 8.78 Å². The van der Waals surface area contributed by atoms with Crippen molar-refractivity contribution < 1.29 is 23.0 Å². The van der Waals surface area contributed by atoms with Gasteiger partial charge in [-0.2, -0.15) is 0 Å². The number of halogens is 2. The van der Waals surface area contributed by atoms with Gasteiger partial charge in [0.25, 0.3) is 5.91 Å². The van der Waals surface area contributed by atoms with Crippen molar-refractivity contribution in [3.05, 3.63) is 52.9 Å². The molecule has 1 amide bonds. The Balaban J connectivity index is 1.75. The zero-order chi connectivity index (χ0) is 16.4. The first-order chi connectivity index (χ1) is 11.1. The molecule has 2 aromatic rings. The van der Waals surface area contributed by atoms with Crippen LogP contribution >= 0.6 is 0 Å². The second kappa shape index (κ2) is 6.20. The van der Waals surface area contributed by atoms with Crippen LogP contribution in [0.3, 0.4) is 0 Å². The molecular formula is C16H14F2N2O3. The number of aromatic nitrogens is 1. The predicted octanol–water partition coefficient (Wildman–Crippen LogP) is 2.23. The fourth-order valence-corrected chi connectivity index (χ4v) is 2.50. The van der Waals surface area contributed by atoms with Gasteiger partial charge in [0.05, 0.1) is 19.9 Å². The topological polar surface area (TPSA) is 60.5 Å². The fourth-order valence-electron chi connectivity index (χ4n) is 2.50. The Morgan fingerprint density at radius 1 is 1.35 bits per heavy atom. The van der Waals surface area contributed by atoms with E-state index in [1.807, 2.05) is 0 Å². The van der Waals surface area contributed by atoms with E-state index in [2.05, 4.69) is 15.0 Å². The smallest absolute Gasteiger partial charge is 0.251 e. The van der Waals surface area contributed by atoms with Gasteiger partial charge in [-0.3, -0.25) is 9.78 Å². The summed E-state index contributed by atoms with van der Waals surface area (Å²) < 4.78 is 37.3. The summed E-state index contributed by atoms with van der Waals surface area (Å²) in [4.78, 5) is 16.1. The van der Waals surface area contributed by atoms with E-state index in [1.54, 1.807) is 12.4 Å². The lowest BCUT2D eigenvalue weighted by Crippen LogP contribution is -2.23. The van der Waals surface area contributed by atoms with Gasteiger partial charge in [-0.05, 0) is 17.7 Å². The van der Waals surface area contributed by atoms with Crippen molar-refractivity contribution in [2.45, 2.75) is 13.0 Å². The van der Waals surface area contributed by atoms with Gasteiger partial charge in [0.1, 0.15) is 5.75 Å². The summed E-state index contributed by atoms with van der Waals surface area (Å²) in [6, 6.07) is 1.88. The molecule has 0 spiro atoms. The van der Waals surface area contributed by atoms with Crippen LogP contribution in [-0.2, 0) is 13.0 Å². The molecular weight excluding hydrogens is 306 g/mol. The number of methoxy groups -OCH3 is 1. The Labute approximate surface area is 131 Å². The fraction of sp³-hybridized carbons (Fsp3) is 0.250. The molecule has 0 fully saturated rings. The standard InChI is InChI=1S/C16H14F2N2O3/c1-22-15-12(17)4-9(5-13(15)18)16(21)20-7-10-6-19-8-14-11(10)2-3-23-14/h4-6,8H,2-3,7H2,1H3,(H,20,21). The Hall–Kier alpha value is -2.70. The van der Waals surface area contributed by atoms with E-state index < -0.39 is 23.3 Å². The highest BCUT2D eigenvalue weighted by atomic mass is 19.1. The molecule has 1 N–H and O–H groups in total. The molecule has 7 heteroatoms. The normalized spacial score (nSPS) is 12.5. The molecule has 0 radical (unpaired) electrons. The van der Waals surface area contributed by atoms with E-state index in [-0.39, 0.29) is 12.1 Å². The van der Waals surface area contributed by atoms with Crippen LogP contribution in [0, 0.1) is 11.6 Å². The van der Waals surface area contributed by atoms with Gasteiger partial charge in [-0.15, -0.1) is 0 Å². The average Bonchev–Trinajstić information content (AvgIpc) is 3.01. The Morgan fingerprint density at radius 2 is 2.09 bits per heavy atom. The number of pyridine rings is 1. The molecule has 0 atom stereocenters. The monoisotopic (exact) mass is 320 g/mol. The number of carbonyl (C=O) groups excluding carboxylic acids is 1. The third-order valence-electron chi connectivity index (χ3n) is 3.62. The molecule has 0 aliphatic carbocycles. The van der Waals surface area contributed by atoms with Crippen LogP contribution in [-0.4, -0.2) is 24.6 Å². The van der Waals surface area contributed by atoms with Crippen LogP contribution in [0.5, 0.6) is 11.5 Å². The summed E-state index contributed by atoms with van der Waals surface area (Å²) >= 11 is 0. The first kappa shape index (κ1) is 15.2. The number of nitrogens with one attached hydrogen (secondary N) is 1. The van der Waals surface area contributed by atoms with Gasteiger partial charge >= 0.3 is 0 Å². The molecule has 120 valence electrons. The molecule has 0 saturated heterocycles. The lowest BCUT2D eigenvalue weighted by atomic mass is 10.1. The predicted molar refractivity (Wildman–Crippen MR) is 77.5 cm³/mol. The highest BCUT2D eigenvalue weighted by Crippen LogP contribution is 2.27. The second-order valence-electron chi connectivity index (χ2n) is 5.03. The number of benzene rings is 1. The molecule has 1 aliphatic rings. The van der Waals surface area contributed by atoms with Gasteiger partial charge in [0.2, 0.25) is 0 Å². The number of nitrogens with zero attached hydrogens (tertiary/aromatic N) is 1. The average molecular weight is 320 g/mol. The minimum atomic E-state index is -0.923. The van der Waals surface area contributed by atoms with E-state index >= 15 is 0 Å². The molecule has 0 unspecified atom stereocenters. The SMILES string of the molecule is COc1c(F)cc(C(=O)NCc2cncc3c2CCO3)cc1F. The highest BCUT2D eigenvalue weighted by Gasteiger charge is 2.18. The summed E-state index contributed by atoms with van der Waals surface area (Å²) in [5, 5.41) is 2.63. The van der Waals surface area contributed by atoms with Crippen molar-refractivity contribution in [1.82, 2.24) is 10.3 Å². The van der Waals surface area contributed by atoms with Gasteiger partial charge in [0, 0.05) is 30.3 Å². The first-order valence-corrected chi connectivity index (χ1v) is 7.00. The maximum absolute atomic E-state index is 13.6. The van der Waals surface area contributed by atoms with Crippen molar-refractivity contribution >= 4 is 5.91 Å². The molecule has 5 nitrogen and oxygen atoms in total. The summed E-state index contributed by atoms with van der Waals surface area (Å²) in [6.07, 6.45) is 4.01. The molecule has 3 rings (SSSR count). The van der Waals surface area contributed by atoms with Crippen LogP contribution in [0.15, 0.2) is 24.5 Å². The van der Waals surface area contributed by atoms with Crippen molar-refractivity contribution in [3.63, 3.8) is 0 Å². The number of fused-ring (bicyclic) bond motifs is 1. The minimum Gasteiger partial charge on any atom is -0.491 e. The summed E-state index contributed by atoms with van der Waals surface area (Å²) in [7, 11) is 1.16. The lowest BCUT2D eigenvalue weighted by molar-refractivity contribution is 0.0949. The molecule has 2 heterocycles. The Morgan fingerprint density at radius 3 is 2.78 bits per heavy atom. The van der Waals surface area contributed by atoms with Crippen LogP contribution in [0.2, 0.25) is 0 Å². The van der Waals surface area contributed by atoms with Crippen LogP contribution in [0.1, 0.15) is 21.5 Å². The largest absolute Gasteiger partial charge is 0.491 e. The molecule has 0 saturated carbocycles. The van der Waals surface area contributed by atoms with E-state index in [9.17, 15) is 13.6 Å². The minimum absolute atomic E-state index is 0.113. The van der Waals surface area contributed by atoms with Crippen LogP contribution < -0.4 is 14.8 Å². The quantitative estimate of drug-likeness (QED) is 0.938. The maximum Gasteiger partial charge on any atom is 0.251 e. The van der Waals surface area contributed by atoms with E-state index in [0.717, 1.165) is 36.8 Å². The zero-order valence-electron chi connectivity index (χ0n) is 12.4. The second-order valence-corrected chi connectivity index (χ2v) is 5.03. The third-order valence-corrected chi connectivity index (χ3v) is 3.62. The van der Waals surface area contributed by atoms with Gasteiger partial charge in [-0.1, -0.05) is 0 Å². The van der Waals surface area contributed by atoms with E-state index in [0.29, 0.717) is 12.4 Å². The third kappa shape index (κ3) is 2.94. The van der Waals surface area contributed by atoms with Gasteiger partial charge in [0.15, 0.2) is 17.4 Å². The maximum atomic E-state index is 13.6. The molecule has 1 aromatic heterocycles. The van der Waals surface area contributed by atoms with Crippen molar-refractivity contribution in [2.75, 3.05) is 13.7 Å². The highest BCUT2D eigenvalue weighted by molar-refractivity contribution is 5.94. The van der Waals surface area contributed by atoms with E-state index in [4.69, 9.17) is 4.74 Å². The zero-order valence-corrected chi connectivity index (χ0v) is 12.4. The number of hydrogen-bond acceptors (Lipinski definition) is 4. The lowest BCUT2D eigenvalue weighted by Gasteiger charge is -2.10. The number of ether oxygens (including phenoxy) is 2. The Kier molecular flexibility index (Phi) is 4.10. The van der Waals surface area contributed by atoms with Crippen molar-refractivity contribution in [2.24, 2.45) is 0 Å². The number of rotatable bonds is 4.